The highest BCUT2D eigenvalue weighted by atomic mass is 32.2. The molecular formula is C15H13F2N5O5S2. The van der Waals surface area contributed by atoms with E-state index < -0.39 is 41.5 Å². The van der Waals surface area contributed by atoms with Gasteiger partial charge in [0, 0.05) is 11.1 Å². The van der Waals surface area contributed by atoms with Crippen molar-refractivity contribution in [2.75, 3.05) is 11.5 Å². The summed E-state index contributed by atoms with van der Waals surface area (Å²) in [5.41, 5.74) is 4.96. The Labute approximate surface area is 170 Å². The van der Waals surface area contributed by atoms with Crippen LogP contribution in [0.1, 0.15) is 5.69 Å². The molecule has 1 unspecified atom stereocenters. The van der Waals surface area contributed by atoms with Crippen molar-refractivity contribution in [1.29, 1.82) is 0 Å². The van der Waals surface area contributed by atoms with Gasteiger partial charge in [0.15, 0.2) is 10.8 Å². The highest BCUT2D eigenvalue weighted by molar-refractivity contribution is 8.00. The molecule has 0 bridgehead atoms. The fourth-order valence-corrected chi connectivity index (χ4v) is 4.59. The number of amides is 2. The zero-order valence-electron chi connectivity index (χ0n) is 14.4. The number of thiazole rings is 1. The van der Waals surface area contributed by atoms with Gasteiger partial charge >= 0.3 is 12.6 Å². The van der Waals surface area contributed by atoms with Gasteiger partial charge in [-0.3, -0.25) is 14.5 Å². The van der Waals surface area contributed by atoms with Gasteiger partial charge in [-0.2, -0.15) is 8.78 Å². The number of aromatic nitrogens is 1. The number of alkyl halides is 2. The predicted octanol–water partition coefficient (Wildman–Crippen LogP) is 0.593. The number of carbonyl (C=O) groups excluding carboxylic acids is 2. The number of β-lactam (4-membered cyclic amide) rings is 1. The Morgan fingerprint density at radius 3 is 2.83 bits per heavy atom. The number of hydrogen-bond acceptors (Lipinski definition) is 9. The first-order valence-electron chi connectivity index (χ1n) is 7.82. The van der Waals surface area contributed by atoms with Crippen LogP contribution in [0.3, 0.4) is 0 Å². The predicted molar refractivity (Wildman–Crippen MR) is 100 cm³/mol. The number of rotatable bonds is 7. The lowest BCUT2D eigenvalue weighted by atomic mass is 10.0. The number of anilines is 1. The van der Waals surface area contributed by atoms with Gasteiger partial charge < -0.3 is 21.0 Å². The van der Waals surface area contributed by atoms with Crippen LogP contribution in [0.2, 0.25) is 0 Å². The third kappa shape index (κ3) is 3.93. The molecule has 1 saturated heterocycles. The summed E-state index contributed by atoms with van der Waals surface area (Å²) < 4.78 is 24.7. The minimum atomic E-state index is -3.27. The number of fused-ring (bicyclic) bond motifs is 1. The standard InChI is InChI=1S/C15H13F2N5O5S2/c1-2-5-3-28-12-8(11(24)22(12)9(5)13(25)26)20-10(23)7(21-27-14(16)17)6-4-29-15(18)19-6/h2,4,8,12,14H,1,3H2,(H2,18,19)(H,20,23)(H,25,26)/t8?,12-/m0/s1. The van der Waals surface area contributed by atoms with Gasteiger partial charge in [-0.15, -0.1) is 23.1 Å². The van der Waals surface area contributed by atoms with Gasteiger partial charge in [0.2, 0.25) is 0 Å². The molecule has 29 heavy (non-hydrogen) atoms. The molecule has 1 aromatic rings. The van der Waals surface area contributed by atoms with Crippen molar-refractivity contribution in [2.24, 2.45) is 5.16 Å². The smallest absolute Gasteiger partial charge is 0.407 e. The van der Waals surface area contributed by atoms with E-state index in [1.54, 1.807) is 0 Å². The van der Waals surface area contributed by atoms with Gasteiger partial charge in [0.05, 0.1) is 0 Å². The van der Waals surface area contributed by atoms with Crippen LogP contribution in [-0.2, 0) is 19.2 Å². The van der Waals surface area contributed by atoms with E-state index in [1.165, 1.54) is 23.2 Å². The normalized spacial score (nSPS) is 21.6. The second kappa shape index (κ2) is 8.16. The lowest BCUT2D eigenvalue weighted by Crippen LogP contribution is -2.71. The third-order valence-electron chi connectivity index (χ3n) is 3.94. The Kier molecular flexibility index (Phi) is 5.83. The summed E-state index contributed by atoms with van der Waals surface area (Å²) in [6, 6.07) is -1.08. The number of oxime groups is 1. The lowest BCUT2D eigenvalue weighted by Gasteiger charge is -2.49. The van der Waals surface area contributed by atoms with Crippen LogP contribution in [0.25, 0.3) is 0 Å². The van der Waals surface area contributed by atoms with Crippen LogP contribution < -0.4 is 11.1 Å². The quantitative estimate of drug-likeness (QED) is 0.314. The maximum Gasteiger partial charge on any atom is 0.407 e. The molecule has 0 radical (unpaired) electrons. The Balaban J connectivity index is 1.81. The van der Waals surface area contributed by atoms with Crippen molar-refractivity contribution < 1.29 is 33.1 Å². The van der Waals surface area contributed by atoms with Crippen LogP contribution >= 0.6 is 23.1 Å². The minimum Gasteiger partial charge on any atom is -0.477 e. The maximum absolute atomic E-state index is 12.6. The number of carboxylic acids is 1. The van der Waals surface area contributed by atoms with Crippen LogP contribution in [0.4, 0.5) is 13.9 Å². The number of carbonyl (C=O) groups is 3. The number of allylic oxidation sites excluding steroid dienone is 1. The van der Waals surface area contributed by atoms with Gasteiger partial charge in [0.25, 0.3) is 11.8 Å². The topological polar surface area (TPSA) is 147 Å². The molecule has 0 saturated carbocycles. The van der Waals surface area contributed by atoms with Crippen molar-refractivity contribution in [2.45, 2.75) is 18.0 Å². The van der Waals surface area contributed by atoms with E-state index in [1.807, 2.05) is 0 Å². The highest BCUT2D eigenvalue weighted by Crippen LogP contribution is 2.40. The number of nitrogens with zero attached hydrogens (tertiary/aromatic N) is 3. The monoisotopic (exact) mass is 445 g/mol. The molecular weight excluding hydrogens is 432 g/mol. The second-order valence-corrected chi connectivity index (χ2v) is 7.62. The zero-order valence-corrected chi connectivity index (χ0v) is 16.0. The molecule has 0 aliphatic carbocycles. The SMILES string of the molecule is C=CC1=C(C(=O)O)N2C(=O)C(NC(=O)C(=NOC(F)F)c3csc(N)n3)[C@@H]2SC1. The molecule has 154 valence electrons. The van der Waals surface area contributed by atoms with Crippen molar-refractivity contribution >= 4 is 51.7 Å². The number of nitrogen functional groups attached to an aromatic ring is 1. The fourth-order valence-electron chi connectivity index (χ4n) is 2.70. The summed E-state index contributed by atoms with van der Waals surface area (Å²) in [5, 5.41) is 15.6. The Bertz CT molecular complexity index is 947. The zero-order chi connectivity index (χ0) is 21.3. The number of thioether (sulfide) groups is 1. The molecule has 2 aliphatic heterocycles. The number of aliphatic carboxylic acids is 1. The van der Waals surface area contributed by atoms with Gasteiger partial charge in [0.1, 0.15) is 22.8 Å². The molecule has 0 aromatic carbocycles. The van der Waals surface area contributed by atoms with Crippen molar-refractivity contribution in [3.05, 3.63) is 35.0 Å². The van der Waals surface area contributed by atoms with Crippen molar-refractivity contribution in [1.82, 2.24) is 15.2 Å². The average Bonchev–Trinajstić information content (AvgIpc) is 3.10. The first-order valence-corrected chi connectivity index (χ1v) is 9.75. The fraction of sp³-hybridized carbons (Fsp3) is 0.267. The third-order valence-corrected chi connectivity index (χ3v) is 5.91. The lowest BCUT2D eigenvalue weighted by molar-refractivity contribution is -0.150. The van der Waals surface area contributed by atoms with E-state index in [4.69, 9.17) is 5.73 Å². The van der Waals surface area contributed by atoms with Crippen LogP contribution in [0.15, 0.2) is 34.5 Å². The molecule has 4 N–H and O–H groups in total. The largest absolute Gasteiger partial charge is 0.477 e. The molecule has 3 rings (SSSR count). The molecule has 10 nitrogen and oxygen atoms in total. The number of hydrogen-bond donors (Lipinski definition) is 3. The van der Waals surface area contributed by atoms with Crippen LogP contribution in [0, 0.1) is 0 Å². The molecule has 2 aliphatic rings. The highest BCUT2D eigenvalue weighted by Gasteiger charge is 2.54. The summed E-state index contributed by atoms with van der Waals surface area (Å²) in [4.78, 5) is 45.2. The van der Waals surface area contributed by atoms with E-state index in [-0.39, 0.29) is 22.3 Å². The first-order chi connectivity index (χ1) is 13.7. The number of carboxylic acid groups (broad SMARTS) is 1. The Morgan fingerprint density at radius 1 is 1.55 bits per heavy atom. The summed E-state index contributed by atoms with van der Waals surface area (Å²) in [5.74, 6) is -2.69. The summed E-state index contributed by atoms with van der Waals surface area (Å²) in [7, 11) is 0. The van der Waals surface area contributed by atoms with E-state index in [0.29, 0.717) is 5.57 Å². The average molecular weight is 445 g/mol. The second-order valence-electron chi connectivity index (χ2n) is 5.62. The molecule has 2 amide bonds. The van der Waals surface area contributed by atoms with Crippen molar-refractivity contribution in [3.63, 3.8) is 0 Å². The van der Waals surface area contributed by atoms with Gasteiger partial charge in [-0.1, -0.05) is 17.8 Å². The van der Waals surface area contributed by atoms with E-state index in [2.05, 4.69) is 26.9 Å². The Hall–Kier alpha value is -3.00. The maximum atomic E-state index is 12.6. The molecule has 2 atom stereocenters. The van der Waals surface area contributed by atoms with Crippen molar-refractivity contribution in [3.8, 4) is 0 Å². The summed E-state index contributed by atoms with van der Waals surface area (Å²) in [6.45, 7) is 0.263. The first kappa shape index (κ1) is 20.7. The van der Waals surface area contributed by atoms with Gasteiger partial charge in [-0.05, 0) is 5.57 Å². The summed E-state index contributed by atoms with van der Waals surface area (Å²) >= 11 is 2.17. The molecule has 14 heteroatoms. The van der Waals surface area contributed by atoms with E-state index in [0.717, 1.165) is 16.2 Å². The number of halogens is 2. The molecule has 1 fully saturated rings. The summed E-state index contributed by atoms with van der Waals surface area (Å²) in [6.07, 6.45) is 1.35. The Morgan fingerprint density at radius 2 is 2.28 bits per heavy atom. The van der Waals surface area contributed by atoms with Gasteiger partial charge in [-0.25, -0.2) is 9.78 Å². The number of nitrogens with one attached hydrogen (secondary N) is 1. The van der Waals surface area contributed by atoms with Crippen LogP contribution in [-0.4, -0.2) is 62.3 Å². The van der Waals surface area contributed by atoms with E-state index >= 15 is 0 Å². The molecule has 3 heterocycles. The van der Waals surface area contributed by atoms with Crippen LogP contribution in [0.5, 0.6) is 0 Å². The molecule has 0 spiro atoms. The number of nitrogens with two attached hydrogens (primary N) is 1. The minimum absolute atomic E-state index is 0.0690. The molecule has 1 aromatic heterocycles. The van der Waals surface area contributed by atoms with E-state index in [9.17, 15) is 28.3 Å².